The monoisotopic (exact) mass is 477 g/mol. The highest BCUT2D eigenvalue weighted by Gasteiger charge is 2.22. The number of aliphatic hydroxyl groups excluding tert-OH is 1. The maximum absolute atomic E-state index is 12.3. The summed E-state index contributed by atoms with van der Waals surface area (Å²) in [6.07, 6.45) is 4.39. The molecule has 10 heteroatoms. The number of hydrogen-bond donors (Lipinski definition) is 2. The third kappa shape index (κ3) is 5.63. The minimum absolute atomic E-state index is 0.0162. The zero-order chi connectivity index (χ0) is 24.9. The Morgan fingerprint density at radius 1 is 1.23 bits per heavy atom. The van der Waals surface area contributed by atoms with E-state index in [2.05, 4.69) is 40.2 Å². The van der Waals surface area contributed by atoms with Crippen molar-refractivity contribution in [1.82, 2.24) is 24.8 Å². The van der Waals surface area contributed by atoms with Gasteiger partial charge in [0.05, 0.1) is 29.6 Å². The lowest BCUT2D eigenvalue weighted by Gasteiger charge is -2.35. The third-order valence-corrected chi connectivity index (χ3v) is 5.81. The van der Waals surface area contributed by atoms with E-state index in [4.69, 9.17) is 4.74 Å². The Hall–Kier alpha value is -3.84. The Labute approximate surface area is 204 Å². The van der Waals surface area contributed by atoms with Gasteiger partial charge in [0, 0.05) is 50.0 Å². The van der Waals surface area contributed by atoms with Crippen molar-refractivity contribution in [3.05, 3.63) is 42.4 Å². The first-order chi connectivity index (χ1) is 16.9. The van der Waals surface area contributed by atoms with Gasteiger partial charge in [-0.1, -0.05) is 13.8 Å². The normalized spacial score (nSPS) is 14.7. The molecule has 3 aromatic heterocycles. The molecule has 1 atom stereocenters. The van der Waals surface area contributed by atoms with Crippen molar-refractivity contribution >= 4 is 17.4 Å². The topological polar surface area (TPSA) is 119 Å². The van der Waals surface area contributed by atoms with Crippen molar-refractivity contribution in [3.63, 3.8) is 0 Å². The van der Waals surface area contributed by atoms with E-state index in [1.807, 2.05) is 23.1 Å². The van der Waals surface area contributed by atoms with Gasteiger partial charge in [-0.2, -0.15) is 10.4 Å². The number of pyridine rings is 2. The van der Waals surface area contributed by atoms with Crippen LogP contribution in [0.2, 0.25) is 0 Å². The van der Waals surface area contributed by atoms with Crippen molar-refractivity contribution < 1.29 is 14.6 Å². The standard InChI is InChI=1S/C25H31N7O3/c1-17(2)12-28-25(34)31-8-6-30(7-9-31)23-5-4-19(13-27-23)22-10-21(35-16-18(3)33)15-32-24(22)20(11-26)14-29-32/h4-5,10,13-15,17-18,33H,6-9,12,16H2,1-3H3,(H,28,34). The molecular formula is C25H31N7O3. The van der Waals surface area contributed by atoms with Crippen LogP contribution in [-0.4, -0.2) is 76.1 Å². The van der Waals surface area contributed by atoms with Gasteiger partial charge in [0.25, 0.3) is 0 Å². The number of ether oxygens (including phenoxy) is 1. The van der Waals surface area contributed by atoms with Crippen LogP contribution < -0.4 is 15.0 Å². The molecule has 1 aliphatic rings. The summed E-state index contributed by atoms with van der Waals surface area (Å²) < 4.78 is 7.31. The van der Waals surface area contributed by atoms with Gasteiger partial charge in [-0.25, -0.2) is 14.3 Å². The summed E-state index contributed by atoms with van der Waals surface area (Å²) in [7, 11) is 0. The fourth-order valence-electron chi connectivity index (χ4n) is 3.97. The van der Waals surface area contributed by atoms with Gasteiger partial charge >= 0.3 is 6.03 Å². The van der Waals surface area contributed by atoms with E-state index in [0.29, 0.717) is 55.5 Å². The number of fused-ring (bicyclic) bond motifs is 1. The number of carbonyl (C=O) groups excluding carboxylic acids is 1. The van der Waals surface area contributed by atoms with E-state index in [-0.39, 0.29) is 12.6 Å². The average Bonchev–Trinajstić information content (AvgIpc) is 3.29. The minimum Gasteiger partial charge on any atom is -0.489 e. The first-order valence-corrected chi connectivity index (χ1v) is 11.8. The maximum Gasteiger partial charge on any atom is 0.317 e. The molecular weight excluding hydrogens is 446 g/mol. The van der Waals surface area contributed by atoms with Crippen LogP contribution in [-0.2, 0) is 0 Å². The van der Waals surface area contributed by atoms with Gasteiger partial charge in [-0.3, -0.25) is 0 Å². The van der Waals surface area contributed by atoms with E-state index in [9.17, 15) is 15.2 Å². The van der Waals surface area contributed by atoms with Crippen LogP contribution in [0.3, 0.4) is 0 Å². The summed E-state index contributed by atoms with van der Waals surface area (Å²) in [5.41, 5.74) is 2.73. The first kappa shape index (κ1) is 24.3. The Morgan fingerprint density at radius 2 is 2.00 bits per heavy atom. The quantitative estimate of drug-likeness (QED) is 0.537. The highest BCUT2D eigenvalue weighted by molar-refractivity contribution is 5.85. The number of aromatic nitrogens is 3. The molecule has 1 unspecified atom stereocenters. The first-order valence-electron chi connectivity index (χ1n) is 11.8. The van der Waals surface area contributed by atoms with E-state index < -0.39 is 6.10 Å². The van der Waals surface area contributed by atoms with Crippen molar-refractivity contribution in [1.29, 1.82) is 5.26 Å². The Kier molecular flexibility index (Phi) is 7.36. The van der Waals surface area contributed by atoms with Crippen molar-refractivity contribution in [2.24, 2.45) is 5.92 Å². The molecule has 0 saturated carbocycles. The lowest BCUT2D eigenvalue weighted by molar-refractivity contribution is 0.122. The molecule has 0 aromatic carbocycles. The van der Waals surface area contributed by atoms with Crippen molar-refractivity contribution in [2.45, 2.75) is 26.9 Å². The molecule has 2 N–H and O–H groups in total. The summed E-state index contributed by atoms with van der Waals surface area (Å²) in [6.45, 7) is 9.31. The van der Waals surface area contributed by atoms with Crippen LogP contribution >= 0.6 is 0 Å². The molecule has 1 aliphatic heterocycles. The second-order valence-corrected chi connectivity index (χ2v) is 9.17. The number of aliphatic hydroxyl groups is 1. The van der Waals surface area contributed by atoms with Gasteiger partial charge in [-0.15, -0.1) is 0 Å². The zero-order valence-corrected chi connectivity index (χ0v) is 20.3. The Morgan fingerprint density at radius 3 is 2.63 bits per heavy atom. The molecule has 184 valence electrons. The number of amides is 2. The van der Waals surface area contributed by atoms with Crippen LogP contribution in [0.25, 0.3) is 16.6 Å². The number of urea groups is 1. The van der Waals surface area contributed by atoms with Crippen LogP contribution in [0, 0.1) is 17.2 Å². The number of piperazine rings is 1. The van der Waals surface area contributed by atoms with Gasteiger partial charge in [-0.05, 0) is 31.0 Å². The second-order valence-electron chi connectivity index (χ2n) is 9.17. The summed E-state index contributed by atoms with van der Waals surface area (Å²) >= 11 is 0. The van der Waals surface area contributed by atoms with Crippen molar-refractivity contribution in [3.8, 4) is 22.9 Å². The molecule has 4 rings (SSSR count). The molecule has 0 radical (unpaired) electrons. The van der Waals surface area contributed by atoms with E-state index in [1.54, 1.807) is 23.8 Å². The molecule has 1 saturated heterocycles. The number of anilines is 1. The molecule has 4 heterocycles. The number of nitriles is 1. The maximum atomic E-state index is 12.3. The van der Waals surface area contributed by atoms with Crippen LogP contribution in [0.1, 0.15) is 26.3 Å². The highest BCUT2D eigenvalue weighted by atomic mass is 16.5. The predicted molar refractivity (Wildman–Crippen MR) is 132 cm³/mol. The number of nitrogens with zero attached hydrogens (tertiary/aromatic N) is 6. The van der Waals surface area contributed by atoms with Gasteiger partial charge in [0.2, 0.25) is 0 Å². The average molecular weight is 478 g/mol. The van der Waals surface area contributed by atoms with Gasteiger partial charge in [0.1, 0.15) is 24.2 Å². The fourth-order valence-corrected chi connectivity index (χ4v) is 3.97. The molecule has 3 aromatic rings. The SMILES string of the molecule is CC(C)CNC(=O)N1CCN(c2ccc(-c3cc(OCC(C)O)cn4ncc(C#N)c34)cn2)CC1. The number of rotatable bonds is 7. The number of carbonyl (C=O) groups is 1. The lowest BCUT2D eigenvalue weighted by Crippen LogP contribution is -2.52. The van der Waals surface area contributed by atoms with E-state index in [1.165, 1.54) is 6.20 Å². The molecule has 0 spiro atoms. The van der Waals surface area contributed by atoms with Gasteiger partial charge < -0.3 is 25.0 Å². The summed E-state index contributed by atoms with van der Waals surface area (Å²) in [6, 6.07) is 7.93. The highest BCUT2D eigenvalue weighted by Crippen LogP contribution is 2.31. The van der Waals surface area contributed by atoms with Gasteiger partial charge in [0.15, 0.2) is 0 Å². The zero-order valence-electron chi connectivity index (χ0n) is 20.3. The third-order valence-electron chi connectivity index (χ3n) is 5.81. The van der Waals surface area contributed by atoms with Crippen LogP contribution in [0.5, 0.6) is 5.75 Å². The summed E-state index contributed by atoms with van der Waals surface area (Å²) in [4.78, 5) is 21.0. The van der Waals surface area contributed by atoms with E-state index >= 15 is 0 Å². The predicted octanol–water partition coefficient (Wildman–Crippen LogP) is 2.52. The second kappa shape index (κ2) is 10.6. The summed E-state index contributed by atoms with van der Waals surface area (Å²) in [5.74, 6) is 1.79. The molecule has 10 nitrogen and oxygen atoms in total. The van der Waals surface area contributed by atoms with Crippen molar-refractivity contribution in [2.75, 3.05) is 44.2 Å². The number of hydrogen-bond acceptors (Lipinski definition) is 7. The lowest BCUT2D eigenvalue weighted by atomic mass is 10.1. The number of nitrogens with one attached hydrogen (secondary N) is 1. The van der Waals surface area contributed by atoms with Crippen LogP contribution in [0.15, 0.2) is 36.8 Å². The molecule has 2 amide bonds. The largest absolute Gasteiger partial charge is 0.489 e. The van der Waals surface area contributed by atoms with E-state index in [0.717, 1.165) is 16.9 Å². The molecule has 0 aliphatic carbocycles. The minimum atomic E-state index is -0.607. The summed E-state index contributed by atoms with van der Waals surface area (Å²) in [5, 5.41) is 26.4. The Bertz CT molecular complexity index is 1210. The molecule has 0 bridgehead atoms. The molecule has 1 fully saturated rings. The Balaban J connectivity index is 1.51. The molecule has 35 heavy (non-hydrogen) atoms. The van der Waals surface area contributed by atoms with Crippen LogP contribution in [0.4, 0.5) is 10.6 Å². The fraction of sp³-hybridized carbons (Fsp3) is 0.440. The smallest absolute Gasteiger partial charge is 0.317 e.